The highest BCUT2D eigenvalue weighted by Crippen LogP contribution is 2.25. The van der Waals surface area contributed by atoms with Crippen molar-refractivity contribution in [2.45, 2.75) is 26.4 Å². The first kappa shape index (κ1) is 17.2. The van der Waals surface area contributed by atoms with Crippen molar-refractivity contribution in [1.29, 1.82) is 0 Å². The van der Waals surface area contributed by atoms with Crippen LogP contribution >= 0.6 is 0 Å². The lowest BCUT2D eigenvalue weighted by molar-refractivity contribution is -0.385. The molecular formula is C19H17NO4. The van der Waals surface area contributed by atoms with Crippen LogP contribution in [0, 0.1) is 22.0 Å². The Bertz CT molecular complexity index is 788. The summed E-state index contributed by atoms with van der Waals surface area (Å²) in [5.41, 5.74) is 0.651. The molecule has 0 aromatic heterocycles. The summed E-state index contributed by atoms with van der Waals surface area (Å²) in [6.07, 6.45) is 1.40. The number of nitrogens with zero attached hydrogens (tertiary/aromatic N) is 1. The van der Waals surface area contributed by atoms with E-state index < -0.39 is 10.7 Å². The monoisotopic (exact) mass is 323 g/mol. The molecule has 5 heteroatoms. The Balaban J connectivity index is 2.22. The summed E-state index contributed by atoms with van der Waals surface area (Å²) in [6.45, 7) is 2.26. The summed E-state index contributed by atoms with van der Waals surface area (Å²) < 4.78 is 5.62. The van der Waals surface area contributed by atoms with Crippen molar-refractivity contribution < 1.29 is 14.5 Å². The third kappa shape index (κ3) is 4.68. The third-order valence-corrected chi connectivity index (χ3v) is 3.23. The molecule has 0 amide bonds. The van der Waals surface area contributed by atoms with Crippen molar-refractivity contribution in [3.8, 4) is 17.6 Å². The van der Waals surface area contributed by atoms with E-state index >= 15 is 0 Å². The zero-order valence-electron chi connectivity index (χ0n) is 13.3. The van der Waals surface area contributed by atoms with Gasteiger partial charge in [-0.2, -0.15) is 0 Å². The number of carbonyl (C=O) groups excluding carboxylic acids is 1. The number of nitro benzene ring substituents is 1. The highest BCUT2D eigenvalue weighted by molar-refractivity contribution is 6.11. The normalized spacial score (nSPS) is 9.71. The standard InChI is InChI=1S/C19H17NO4/c1-2-3-5-10-19(21)17-13-16(11-12-18(17)20(22)23)24-14-15-8-6-4-7-9-15/h4,6-9,11-13H,2-3,14H2,1H3. The van der Waals surface area contributed by atoms with E-state index in [1.807, 2.05) is 37.3 Å². The lowest BCUT2D eigenvalue weighted by Gasteiger charge is -2.07. The van der Waals surface area contributed by atoms with Crippen molar-refractivity contribution in [3.05, 3.63) is 69.8 Å². The first-order valence-corrected chi connectivity index (χ1v) is 7.60. The average Bonchev–Trinajstić information content (AvgIpc) is 2.60. The van der Waals surface area contributed by atoms with E-state index in [-0.39, 0.29) is 11.3 Å². The molecule has 2 aromatic rings. The Hall–Kier alpha value is -3.13. The van der Waals surface area contributed by atoms with Gasteiger partial charge in [-0.05, 0) is 30.0 Å². The van der Waals surface area contributed by atoms with Crippen LogP contribution < -0.4 is 4.74 Å². The number of rotatable bonds is 6. The van der Waals surface area contributed by atoms with Gasteiger partial charge in [0.25, 0.3) is 5.69 Å². The summed E-state index contributed by atoms with van der Waals surface area (Å²) in [5.74, 6) is 4.99. The highest BCUT2D eigenvalue weighted by Gasteiger charge is 2.19. The molecule has 0 aliphatic heterocycles. The van der Waals surface area contributed by atoms with Crippen molar-refractivity contribution >= 4 is 11.5 Å². The lowest BCUT2D eigenvalue weighted by atomic mass is 10.1. The molecule has 122 valence electrons. The first-order chi connectivity index (χ1) is 11.6. The van der Waals surface area contributed by atoms with Gasteiger partial charge in [-0.1, -0.05) is 43.2 Å². The second-order valence-electron chi connectivity index (χ2n) is 5.09. The third-order valence-electron chi connectivity index (χ3n) is 3.23. The van der Waals surface area contributed by atoms with Crippen LogP contribution in [0.3, 0.4) is 0 Å². The number of ketones is 1. The van der Waals surface area contributed by atoms with Crippen LogP contribution in [-0.4, -0.2) is 10.7 Å². The molecule has 0 fully saturated rings. The van der Waals surface area contributed by atoms with E-state index in [4.69, 9.17) is 4.74 Å². The zero-order chi connectivity index (χ0) is 17.4. The molecule has 24 heavy (non-hydrogen) atoms. The van der Waals surface area contributed by atoms with Crippen LogP contribution in [-0.2, 0) is 6.61 Å². The van der Waals surface area contributed by atoms with Crippen LogP contribution in [0.4, 0.5) is 5.69 Å². The molecule has 0 atom stereocenters. The highest BCUT2D eigenvalue weighted by atomic mass is 16.6. The van der Waals surface area contributed by atoms with E-state index in [9.17, 15) is 14.9 Å². The summed E-state index contributed by atoms with van der Waals surface area (Å²) in [5, 5.41) is 11.1. The number of ether oxygens (including phenoxy) is 1. The van der Waals surface area contributed by atoms with Gasteiger partial charge < -0.3 is 4.74 Å². The van der Waals surface area contributed by atoms with Crippen molar-refractivity contribution in [2.75, 3.05) is 0 Å². The SMILES string of the molecule is CCCC#CC(=O)c1cc(OCc2ccccc2)ccc1[N+](=O)[O-]. The van der Waals surface area contributed by atoms with Gasteiger partial charge >= 0.3 is 0 Å². The number of hydrogen-bond donors (Lipinski definition) is 0. The molecule has 0 N–H and O–H groups in total. The molecule has 0 bridgehead atoms. The fourth-order valence-corrected chi connectivity index (χ4v) is 2.02. The van der Waals surface area contributed by atoms with Crippen molar-refractivity contribution in [2.24, 2.45) is 0 Å². The molecule has 0 radical (unpaired) electrons. The fourth-order valence-electron chi connectivity index (χ4n) is 2.02. The molecule has 5 nitrogen and oxygen atoms in total. The van der Waals surface area contributed by atoms with Gasteiger partial charge in [0.15, 0.2) is 0 Å². The topological polar surface area (TPSA) is 69.4 Å². The van der Waals surface area contributed by atoms with E-state index in [1.54, 1.807) is 0 Å². The largest absolute Gasteiger partial charge is 0.489 e. The van der Waals surface area contributed by atoms with Crippen LogP contribution in [0.1, 0.15) is 35.7 Å². The van der Waals surface area contributed by atoms with E-state index in [0.717, 1.165) is 12.0 Å². The Morgan fingerprint density at radius 1 is 1.21 bits per heavy atom. The Morgan fingerprint density at radius 3 is 2.62 bits per heavy atom. The molecule has 0 aliphatic carbocycles. The molecule has 0 spiro atoms. The molecule has 0 heterocycles. The predicted octanol–water partition coefficient (Wildman–Crippen LogP) is 4.16. The fraction of sp³-hybridized carbons (Fsp3) is 0.211. The Morgan fingerprint density at radius 2 is 1.96 bits per heavy atom. The molecule has 0 unspecified atom stereocenters. The maximum absolute atomic E-state index is 12.1. The molecule has 2 aromatic carbocycles. The smallest absolute Gasteiger partial charge is 0.281 e. The van der Waals surface area contributed by atoms with Gasteiger partial charge in [-0.25, -0.2) is 0 Å². The van der Waals surface area contributed by atoms with Gasteiger partial charge in [0.2, 0.25) is 5.78 Å². The van der Waals surface area contributed by atoms with Crippen LogP contribution in [0.2, 0.25) is 0 Å². The average molecular weight is 323 g/mol. The predicted molar refractivity (Wildman–Crippen MR) is 90.9 cm³/mol. The molecule has 0 aliphatic rings. The van der Waals surface area contributed by atoms with E-state index in [1.165, 1.54) is 18.2 Å². The minimum absolute atomic E-state index is 0.0471. The summed E-state index contributed by atoms with van der Waals surface area (Å²) in [6, 6.07) is 13.7. The number of carbonyl (C=O) groups is 1. The number of Topliss-reactive ketones (excluding diaryl/α,β-unsaturated/α-hetero) is 1. The minimum atomic E-state index is -0.588. The summed E-state index contributed by atoms with van der Waals surface area (Å²) >= 11 is 0. The molecular weight excluding hydrogens is 306 g/mol. The molecule has 0 saturated heterocycles. The van der Waals surface area contributed by atoms with Crippen LogP contribution in [0.25, 0.3) is 0 Å². The summed E-state index contributed by atoms with van der Waals surface area (Å²) in [4.78, 5) is 22.7. The second-order valence-corrected chi connectivity index (χ2v) is 5.09. The van der Waals surface area contributed by atoms with E-state index in [2.05, 4.69) is 11.8 Å². The second kappa shape index (κ2) is 8.49. The number of unbranched alkanes of at least 4 members (excludes halogenated alkanes) is 1. The first-order valence-electron chi connectivity index (χ1n) is 7.60. The number of hydrogen-bond acceptors (Lipinski definition) is 4. The van der Waals surface area contributed by atoms with Gasteiger partial charge in [0, 0.05) is 12.5 Å². The Kier molecular flexibility index (Phi) is 6.09. The lowest BCUT2D eigenvalue weighted by Crippen LogP contribution is -2.03. The van der Waals surface area contributed by atoms with E-state index in [0.29, 0.717) is 18.8 Å². The quantitative estimate of drug-likeness (QED) is 0.263. The number of nitro groups is 1. The van der Waals surface area contributed by atoms with Crippen molar-refractivity contribution in [3.63, 3.8) is 0 Å². The van der Waals surface area contributed by atoms with Gasteiger partial charge in [0.1, 0.15) is 17.9 Å². The van der Waals surface area contributed by atoms with Gasteiger partial charge in [0.05, 0.1) is 4.92 Å². The maximum Gasteiger partial charge on any atom is 0.281 e. The number of benzene rings is 2. The van der Waals surface area contributed by atoms with Gasteiger partial charge in [-0.15, -0.1) is 0 Å². The maximum atomic E-state index is 12.1. The molecule has 0 saturated carbocycles. The minimum Gasteiger partial charge on any atom is -0.489 e. The van der Waals surface area contributed by atoms with Crippen LogP contribution in [0.5, 0.6) is 5.75 Å². The van der Waals surface area contributed by atoms with Crippen LogP contribution in [0.15, 0.2) is 48.5 Å². The molecule has 2 rings (SSSR count). The summed E-state index contributed by atoms with van der Waals surface area (Å²) in [7, 11) is 0. The van der Waals surface area contributed by atoms with Crippen molar-refractivity contribution in [1.82, 2.24) is 0 Å². The Labute approximate surface area is 140 Å². The zero-order valence-corrected chi connectivity index (χ0v) is 13.3. The van der Waals surface area contributed by atoms with Gasteiger partial charge in [-0.3, -0.25) is 14.9 Å².